The van der Waals surface area contributed by atoms with Crippen LogP contribution in [0.3, 0.4) is 0 Å². The average Bonchev–Trinajstić information content (AvgIpc) is 2.34. The highest BCUT2D eigenvalue weighted by Crippen LogP contribution is 2.21. The van der Waals surface area contributed by atoms with Gasteiger partial charge in [0, 0.05) is 24.5 Å². The zero-order valence-corrected chi connectivity index (χ0v) is 10.4. The van der Waals surface area contributed by atoms with Gasteiger partial charge in [-0.25, -0.2) is 8.78 Å². The van der Waals surface area contributed by atoms with Crippen molar-refractivity contribution in [2.45, 2.75) is 19.4 Å². The van der Waals surface area contributed by atoms with Crippen LogP contribution in [-0.4, -0.2) is 23.9 Å². The van der Waals surface area contributed by atoms with Crippen LogP contribution in [0.4, 0.5) is 8.78 Å². The summed E-state index contributed by atoms with van der Waals surface area (Å²) in [6.45, 7) is 2.06. The minimum Gasteiger partial charge on any atom is -0.299 e. The number of alkyl halides is 1. The van der Waals surface area contributed by atoms with E-state index in [1.54, 1.807) is 0 Å². The van der Waals surface area contributed by atoms with Gasteiger partial charge < -0.3 is 0 Å². The van der Waals surface area contributed by atoms with Gasteiger partial charge in [-0.05, 0) is 37.4 Å². The third-order valence-electron chi connectivity index (χ3n) is 3.26. The maximum atomic E-state index is 13.5. The van der Waals surface area contributed by atoms with Gasteiger partial charge in [0.1, 0.15) is 11.6 Å². The van der Waals surface area contributed by atoms with Crippen molar-refractivity contribution in [1.29, 1.82) is 0 Å². The fourth-order valence-electron chi connectivity index (χ4n) is 2.33. The summed E-state index contributed by atoms with van der Waals surface area (Å²) in [5.74, 6) is 0.146. The third kappa shape index (κ3) is 3.17. The van der Waals surface area contributed by atoms with Crippen LogP contribution in [0.25, 0.3) is 0 Å². The first-order chi connectivity index (χ1) is 8.20. The van der Waals surface area contributed by atoms with Gasteiger partial charge in [-0.2, -0.15) is 0 Å². The van der Waals surface area contributed by atoms with Crippen molar-refractivity contribution in [1.82, 2.24) is 4.90 Å². The van der Waals surface area contributed by atoms with Crippen molar-refractivity contribution in [2.75, 3.05) is 19.0 Å². The van der Waals surface area contributed by atoms with E-state index in [9.17, 15) is 8.78 Å². The number of likely N-dealkylation sites (tertiary alicyclic amines) is 1. The Morgan fingerprint density at radius 3 is 2.65 bits per heavy atom. The van der Waals surface area contributed by atoms with Crippen LogP contribution in [0.15, 0.2) is 18.2 Å². The fourth-order valence-corrected chi connectivity index (χ4v) is 2.58. The molecule has 1 heterocycles. The molecule has 1 unspecified atom stereocenters. The zero-order chi connectivity index (χ0) is 12.3. The first-order valence-corrected chi connectivity index (χ1v) is 6.45. The van der Waals surface area contributed by atoms with Crippen LogP contribution in [0.5, 0.6) is 0 Å². The van der Waals surface area contributed by atoms with Gasteiger partial charge >= 0.3 is 0 Å². The Labute approximate surface area is 105 Å². The molecule has 1 aromatic carbocycles. The molecule has 0 aromatic heterocycles. The van der Waals surface area contributed by atoms with Gasteiger partial charge in [0.15, 0.2) is 0 Å². The number of piperidine rings is 1. The molecule has 1 aliphatic rings. The molecule has 1 nitrogen and oxygen atoms in total. The van der Waals surface area contributed by atoms with Gasteiger partial charge in [-0.3, -0.25) is 4.90 Å². The van der Waals surface area contributed by atoms with Crippen molar-refractivity contribution in [3.05, 3.63) is 35.4 Å². The van der Waals surface area contributed by atoms with Crippen LogP contribution < -0.4 is 0 Å². The van der Waals surface area contributed by atoms with Crippen LogP contribution >= 0.6 is 11.6 Å². The normalized spacial score (nSPS) is 21.7. The molecule has 0 aliphatic carbocycles. The summed E-state index contributed by atoms with van der Waals surface area (Å²) in [7, 11) is 0. The Kier molecular flexibility index (Phi) is 4.35. The lowest BCUT2D eigenvalue weighted by atomic mass is 9.99. The summed E-state index contributed by atoms with van der Waals surface area (Å²) in [6.07, 6.45) is 2.16. The second-order valence-corrected chi connectivity index (χ2v) is 4.91. The standard InChI is InChI=1S/C13H16ClF2N/c14-7-10-3-2-6-17(8-10)9-11-12(15)4-1-5-13(11)16/h1,4-5,10H,2-3,6-9H2. The lowest BCUT2D eigenvalue weighted by Crippen LogP contribution is -2.36. The number of nitrogens with zero attached hydrogens (tertiary/aromatic N) is 1. The van der Waals surface area contributed by atoms with E-state index < -0.39 is 11.6 Å². The molecule has 1 aliphatic heterocycles. The molecule has 4 heteroatoms. The summed E-state index contributed by atoms with van der Waals surface area (Å²) < 4.78 is 27.0. The molecule has 17 heavy (non-hydrogen) atoms. The Bertz CT molecular complexity index is 363. The predicted octanol–water partition coefficient (Wildman–Crippen LogP) is 3.42. The van der Waals surface area contributed by atoms with E-state index in [1.165, 1.54) is 18.2 Å². The molecule has 0 amide bonds. The van der Waals surface area contributed by atoms with Gasteiger partial charge in [0.2, 0.25) is 0 Å². The molecule has 1 aromatic rings. The first-order valence-electron chi connectivity index (χ1n) is 5.92. The number of benzene rings is 1. The fraction of sp³-hybridized carbons (Fsp3) is 0.538. The van der Waals surface area contributed by atoms with E-state index in [-0.39, 0.29) is 5.56 Å². The smallest absolute Gasteiger partial charge is 0.130 e. The van der Waals surface area contributed by atoms with Crippen molar-refractivity contribution >= 4 is 11.6 Å². The zero-order valence-electron chi connectivity index (χ0n) is 9.63. The first kappa shape index (κ1) is 12.8. The van der Waals surface area contributed by atoms with Crippen molar-refractivity contribution in [2.24, 2.45) is 5.92 Å². The highest BCUT2D eigenvalue weighted by atomic mass is 35.5. The summed E-state index contributed by atoms with van der Waals surface area (Å²) in [5.41, 5.74) is 0.169. The summed E-state index contributed by atoms with van der Waals surface area (Å²) in [5, 5.41) is 0. The highest BCUT2D eigenvalue weighted by molar-refractivity contribution is 6.18. The average molecular weight is 260 g/mol. The minimum absolute atomic E-state index is 0.169. The lowest BCUT2D eigenvalue weighted by molar-refractivity contribution is 0.174. The van der Waals surface area contributed by atoms with Gasteiger partial charge in [-0.15, -0.1) is 11.6 Å². The quantitative estimate of drug-likeness (QED) is 0.752. The topological polar surface area (TPSA) is 3.24 Å². The SMILES string of the molecule is Fc1cccc(F)c1CN1CCCC(CCl)C1. The molecule has 0 saturated carbocycles. The molecule has 0 radical (unpaired) electrons. The summed E-state index contributed by atoms with van der Waals surface area (Å²) >= 11 is 5.84. The Morgan fingerprint density at radius 1 is 1.29 bits per heavy atom. The van der Waals surface area contributed by atoms with E-state index in [0.29, 0.717) is 18.3 Å². The molecular formula is C13H16ClF2N. The molecule has 1 saturated heterocycles. The van der Waals surface area contributed by atoms with Gasteiger partial charge in [0.25, 0.3) is 0 Å². The van der Waals surface area contributed by atoms with Crippen molar-refractivity contribution in [3.8, 4) is 0 Å². The van der Waals surface area contributed by atoms with E-state index in [4.69, 9.17) is 11.6 Å². The maximum Gasteiger partial charge on any atom is 0.130 e. The van der Waals surface area contributed by atoms with E-state index in [0.717, 1.165) is 25.9 Å². The van der Waals surface area contributed by atoms with E-state index in [1.807, 2.05) is 0 Å². The van der Waals surface area contributed by atoms with Crippen LogP contribution in [0, 0.1) is 17.6 Å². The summed E-state index contributed by atoms with van der Waals surface area (Å²) in [4.78, 5) is 2.08. The van der Waals surface area contributed by atoms with Gasteiger partial charge in [-0.1, -0.05) is 6.07 Å². The summed E-state index contributed by atoms with van der Waals surface area (Å²) in [6, 6.07) is 4.01. The molecule has 0 bridgehead atoms. The van der Waals surface area contributed by atoms with Crippen LogP contribution in [-0.2, 0) is 6.54 Å². The Morgan fingerprint density at radius 2 is 2.00 bits per heavy atom. The van der Waals surface area contributed by atoms with Crippen LogP contribution in [0.2, 0.25) is 0 Å². The van der Waals surface area contributed by atoms with E-state index in [2.05, 4.69) is 4.90 Å². The highest BCUT2D eigenvalue weighted by Gasteiger charge is 2.21. The third-order valence-corrected chi connectivity index (χ3v) is 3.70. The van der Waals surface area contributed by atoms with Crippen molar-refractivity contribution in [3.63, 3.8) is 0 Å². The number of hydrogen-bond donors (Lipinski definition) is 0. The molecule has 0 spiro atoms. The van der Waals surface area contributed by atoms with Gasteiger partial charge in [0.05, 0.1) is 0 Å². The Hall–Kier alpha value is -0.670. The minimum atomic E-state index is -0.460. The second-order valence-electron chi connectivity index (χ2n) is 4.60. The van der Waals surface area contributed by atoms with E-state index >= 15 is 0 Å². The largest absolute Gasteiger partial charge is 0.299 e. The predicted molar refractivity (Wildman–Crippen MR) is 65.1 cm³/mol. The molecule has 2 rings (SSSR count). The molecule has 1 fully saturated rings. The second kappa shape index (κ2) is 5.78. The number of rotatable bonds is 3. The monoisotopic (exact) mass is 259 g/mol. The molecule has 0 N–H and O–H groups in total. The lowest BCUT2D eigenvalue weighted by Gasteiger charge is -2.31. The molecule has 1 atom stereocenters. The van der Waals surface area contributed by atoms with Crippen LogP contribution in [0.1, 0.15) is 18.4 Å². The van der Waals surface area contributed by atoms with Crippen molar-refractivity contribution < 1.29 is 8.78 Å². The Balaban J connectivity index is 2.05. The molecule has 94 valence electrons. The molecular weight excluding hydrogens is 244 g/mol. The number of hydrogen-bond acceptors (Lipinski definition) is 1. The number of halogens is 3. The maximum absolute atomic E-state index is 13.5.